The molecule has 3 aliphatic rings. The predicted molar refractivity (Wildman–Crippen MR) is 128 cm³/mol. The summed E-state index contributed by atoms with van der Waals surface area (Å²) < 4.78 is 22.6. The van der Waals surface area contributed by atoms with Gasteiger partial charge in [-0.25, -0.2) is 19.0 Å². The second kappa shape index (κ2) is 8.71. The van der Waals surface area contributed by atoms with Gasteiger partial charge in [-0.3, -0.25) is 4.90 Å². The van der Waals surface area contributed by atoms with E-state index in [1.54, 1.807) is 12.4 Å². The standard InChI is InChI=1S/C24H28ClFN6O2/c1-13-6-14-8-27-24(30-20-9-28-32(23(20)25)15-2-3-15)29-19(14)7-17(13)16-4-5-31(10-18(16)26)21-11-34-12-22(21)33/h6-9,15-16,18,21-22,33H,2-5,10-12H2,1H3,(H,27,29,30). The van der Waals surface area contributed by atoms with E-state index in [4.69, 9.17) is 21.3 Å². The van der Waals surface area contributed by atoms with Crippen molar-refractivity contribution in [1.82, 2.24) is 24.6 Å². The van der Waals surface area contributed by atoms with Crippen LogP contribution in [0.4, 0.5) is 16.0 Å². The number of aromatic nitrogens is 4. The molecule has 4 atom stereocenters. The number of aliphatic hydroxyl groups is 1. The summed E-state index contributed by atoms with van der Waals surface area (Å²) in [5.41, 5.74) is 3.45. The molecule has 4 heterocycles. The van der Waals surface area contributed by atoms with Crippen molar-refractivity contribution in [3.05, 3.63) is 40.8 Å². The highest BCUT2D eigenvalue weighted by molar-refractivity contribution is 6.32. The zero-order chi connectivity index (χ0) is 23.4. The highest BCUT2D eigenvalue weighted by Crippen LogP contribution is 2.39. The lowest BCUT2D eigenvalue weighted by Gasteiger charge is -2.39. The lowest BCUT2D eigenvalue weighted by atomic mass is 9.84. The van der Waals surface area contributed by atoms with Crippen molar-refractivity contribution < 1.29 is 14.2 Å². The third kappa shape index (κ3) is 4.04. The molecular formula is C24H28ClFN6O2. The highest BCUT2D eigenvalue weighted by atomic mass is 35.5. The minimum atomic E-state index is -1.02. The SMILES string of the molecule is Cc1cc2cnc(Nc3cnn(C4CC4)c3Cl)nc2cc1C1CCN(C2COCC2O)CC1F. The zero-order valence-corrected chi connectivity index (χ0v) is 19.7. The molecular weight excluding hydrogens is 459 g/mol. The van der Waals surface area contributed by atoms with Gasteiger partial charge in [-0.2, -0.15) is 5.10 Å². The van der Waals surface area contributed by atoms with Crippen molar-refractivity contribution in [2.45, 2.75) is 56.5 Å². The summed E-state index contributed by atoms with van der Waals surface area (Å²) in [7, 11) is 0. The number of alkyl halides is 1. The molecule has 3 fully saturated rings. The van der Waals surface area contributed by atoms with Crippen molar-refractivity contribution in [3.63, 3.8) is 0 Å². The van der Waals surface area contributed by atoms with E-state index in [1.807, 2.05) is 28.6 Å². The molecule has 2 aromatic heterocycles. The summed E-state index contributed by atoms with van der Waals surface area (Å²) >= 11 is 6.47. The van der Waals surface area contributed by atoms with Crippen LogP contribution in [0.25, 0.3) is 10.9 Å². The maximum absolute atomic E-state index is 15.4. The molecule has 1 aromatic carbocycles. The van der Waals surface area contributed by atoms with Crippen molar-refractivity contribution in [1.29, 1.82) is 0 Å². The van der Waals surface area contributed by atoms with Crippen LogP contribution in [-0.2, 0) is 4.74 Å². The van der Waals surface area contributed by atoms with Gasteiger partial charge in [0.05, 0.1) is 48.8 Å². The first-order chi connectivity index (χ1) is 16.5. The number of benzene rings is 1. The fourth-order valence-corrected chi connectivity index (χ4v) is 5.53. The largest absolute Gasteiger partial charge is 0.389 e. The third-order valence-corrected chi connectivity index (χ3v) is 7.68. The van der Waals surface area contributed by atoms with Gasteiger partial charge in [0.15, 0.2) is 5.15 Å². The number of ether oxygens (including phenoxy) is 1. The topological polar surface area (TPSA) is 88.3 Å². The van der Waals surface area contributed by atoms with E-state index in [2.05, 4.69) is 15.4 Å². The fraction of sp³-hybridized carbons (Fsp3) is 0.542. The highest BCUT2D eigenvalue weighted by Gasteiger charge is 2.38. The smallest absolute Gasteiger partial charge is 0.227 e. The number of nitrogens with one attached hydrogen (secondary N) is 1. The first-order valence-electron chi connectivity index (χ1n) is 11.9. The van der Waals surface area contributed by atoms with Gasteiger partial charge in [-0.05, 0) is 56.0 Å². The minimum absolute atomic E-state index is 0.116. The Morgan fingerprint density at radius 3 is 2.79 bits per heavy atom. The summed E-state index contributed by atoms with van der Waals surface area (Å²) in [6.07, 6.45) is 4.78. The quantitative estimate of drug-likeness (QED) is 0.567. The van der Waals surface area contributed by atoms with Crippen LogP contribution in [0.15, 0.2) is 24.5 Å². The molecule has 1 saturated carbocycles. The Hall–Kier alpha value is -2.33. The fourth-order valence-electron chi connectivity index (χ4n) is 5.25. The van der Waals surface area contributed by atoms with Crippen LogP contribution in [0.2, 0.25) is 5.15 Å². The summed E-state index contributed by atoms with van der Waals surface area (Å²) in [5, 5.41) is 19.1. The number of hydrogen-bond acceptors (Lipinski definition) is 7. The third-order valence-electron chi connectivity index (χ3n) is 7.30. The molecule has 8 nitrogen and oxygen atoms in total. The lowest BCUT2D eigenvalue weighted by molar-refractivity contribution is 0.0352. The number of aryl methyl sites for hydroxylation is 1. The average Bonchev–Trinajstić information content (AvgIpc) is 3.47. The minimum Gasteiger partial charge on any atom is -0.389 e. The molecule has 1 aliphatic carbocycles. The normalized spacial score (nSPS) is 28.0. The van der Waals surface area contributed by atoms with E-state index in [1.165, 1.54) is 0 Å². The van der Waals surface area contributed by atoms with Crippen molar-refractivity contribution in [3.8, 4) is 0 Å². The molecule has 3 aromatic rings. The van der Waals surface area contributed by atoms with Gasteiger partial charge in [0.2, 0.25) is 5.95 Å². The Bertz CT molecular complexity index is 1220. The number of halogens is 2. The Morgan fingerprint density at radius 2 is 2.06 bits per heavy atom. The monoisotopic (exact) mass is 486 g/mol. The summed E-state index contributed by atoms with van der Waals surface area (Å²) in [6.45, 7) is 3.83. The number of anilines is 2. The molecule has 0 radical (unpaired) electrons. The van der Waals surface area contributed by atoms with Gasteiger partial charge in [0, 0.05) is 24.0 Å². The number of aliphatic hydroxyl groups excluding tert-OH is 1. The average molecular weight is 487 g/mol. The molecule has 34 heavy (non-hydrogen) atoms. The van der Waals surface area contributed by atoms with Crippen LogP contribution in [0, 0.1) is 6.92 Å². The van der Waals surface area contributed by atoms with Crippen LogP contribution in [0.5, 0.6) is 0 Å². The van der Waals surface area contributed by atoms with E-state index >= 15 is 4.39 Å². The second-order valence-corrected chi connectivity index (χ2v) is 10.0. The van der Waals surface area contributed by atoms with Crippen molar-refractivity contribution in [2.75, 3.05) is 31.6 Å². The first kappa shape index (κ1) is 22.2. The molecule has 2 saturated heterocycles. The van der Waals surface area contributed by atoms with Gasteiger partial charge in [0.25, 0.3) is 0 Å². The first-order valence-corrected chi connectivity index (χ1v) is 12.3. The van der Waals surface area contributed by atoms with E-state index in [9.17, 15) is 5.11 Å². The van der Waals surface area contributed by atoms with Crippen LogP contribution in [-0.4, -0.2) is 74.4 Å². The Balaban J connectivity index is 1.23. The van der Waals surface area contributed by atoms with E-state index < -0.39 is 12.3 Å². The summed E-state index contributed by atoms with van der Waals surface area (Å²) in [4.78, 5) is 11.2. The van der Waals surface area contributed by atoms with E-state index in [-0.39, 0.29) is 12.0 Å². The van der Waals surface area contributed by atoms with Crippen molar-refractivity contribution in [2.24, 2.45) is 0 Å². The Morgan fingerprint density at radius 1 is 1.21 bits per heavy atom. The van der Waals surface area contributed by atoms with Crippen LogP contribution in [0.3, 0.4) is 0 Å². The van der Waals surface area contributed by atoms with E-state index in [0.29, 0.717) is 49.0 Å². The van der Waals surface area contributed by atoms with Crippen LogP contribution >= 0.6 is 11.6 Å². The number of rotatable bonds is 5. The lowest BCUT2D eigenvalue weighted by Crippen LogP contribution is -2.50. The molecule has 6 rings (SSSR count). The van der Waals surface area contributed by atoms with E-state index in [0.717, 1.165) is 41.4 Å². The molecule has 4 unspecified atom stereocenters. The second-order valence-electron chi connectivity index (χ2n) is 9.69. The number of likely N-dealkylation sites (tertiary alicyclic amines) is 1. The summed E-state index contributed by atoms with van der Waals surface area (Å²) in [5.74, 6) is 0.221. The Kier molecular flexibility index (Phi) is 5.68. The molecule has 2 N–H and O–H groups in total. The van der Waals surface area contributed by atoms with Crippen molar-refractivity contribution >= 4 is 34.1 Å². The Labute approximate surface area is 202 Å². The molecule has 180 valence electrons. The molecule has 2 aliphatic heterocycles. The number of piperidine rings is 1. The van der Waals surface area contributed by atoms with Gasteiger partial charge in [0.1, 0.15) is 6.17 Å². The van der Waals surface area contributed by atoms with Crippen LogP contribution < -0.4 is 5.32 Å². The number of fused-ring (bicyclic) bond motifs is 1. The number of hydrogen-bond donors (Lipinski definition) is 2. The van der Waals surface area contributed by atoms with Gasteiger partial charge in [-0.15, -0.1) is 0 Å². The van der Waals surface area contributed by atoms with Gasteiger partial charge >= 0.3 is 0 Å². The van der Waals surface area contributed by atoms with Crippen LogP contribution in [0.1, 0.15) is 42.3 Å². The predicted octanol–water partition coefficient (Wildman–Crippen LogP) is 3.75. The summed E-state index contributed by atoms with van der Waals surface area (Å²) in [6, 6.07) is 4.29. The molecule has 0 amide bonds. The molecule has 10 heteroatoms. The zero-order valence-electron chi connectivity index (χ0n) is 19.0. The maximum atomic E-state index is 15.4. The van der Waals surface area contributed by atoms with Gasteiger partial charge < -0.3 is 15.2 Å². The molecule has 0 spiro atoms. The number of nitrogens with zero attached hydrogens (tertiary/aromatic N) is 5. The maximum Gasteiger partial charge on any atom is 0.227 e. The van der Waals surface area contributed by atoms with Gasteiger partial charge in [-0.1, -0.05) is 11.6 Å². The molecule has 0 bridgehead atoms.